The van der Waals surface area contributed by atoms with Gasteiger partial charge >= 0.3 is 0 Å². The number of para-hydroxylation sites is 1. The largest absolute Gasteiger partial charge is 0.496 e. The Morgan fingerprint density at radius 3 is 2.60 bits per heavy atom. The maximum Gasteiger partial charge on any atom is 0.124 e. The van der Waals surface area contributed by atoms with Gasteiger partial charge in [0.25, 0.3) is 0 Å². The van der Waals surface area contributed by atoms with Crippen molar-refractivity contribution < 1.29 is 4.74 Å². The molecular formula is C16H17Br2NO. The van der Waals surface area contributed by atoms with E-state index in [1.165, 1.54) is 5.56 Å². The molecule has 0 bridgehead atoms. The van der Waals surface area contributed by atoms with E-state index in [2.05, 4.69) is 56.2 Å². The van der Waals surface area contributed by atoms with Crippen molar-refractivity contribution in [1.82, 2.24) is 0 Å². The SMILES string of the molecule is CCC(Nc1cc(Br)ccc1Br)c1ccccc1OC. The molecule has 0 saturated heterocycles. The predicted molar refractivity (Wildman–Crippen MR) is 91.5 cm³/mol. The van der Waals surface area contributed by atoms with Crippen molar-refractivity contribution in [1.29, 1.82) is 0 Å². The molecule has 0 radical (unpaired) electrons. The molecule has 2 rings (SSSR count). The van der Waals surface area contributed by atoms with Crippen LogP contribution in [0.3, 0.4) is 0 Å². The lowest BCUT2D eigenvalue weighted by Gasteiger charge is -2.22. The van der Waals surface area contributed by atoms with Gasteiger partial charge in [-0.05, 0) is 46.6 Å². The van der Waals surface area contributed by atoms with E-state index in [4.69, 9.17) is 4.74 Å². The maximum atomic E-state index is 5.46. The fourth-order valence-electron chi connectivity index (χ4n) is 2.15. The van der Waals surface area contributed by atoms with Crippen molar-refractivity contribution in [3.05, 3.63) is 57.0 Å². The molecular weight excluding hydrogens is 382 g/mol. The quantitative estimate of drug-likeness (QED) is 0.688. The second-order valence-corrected chi connectivity index (χ2v) is 6.24. The Bertz CT molecular complexity index is 586. The number of halogens is 2. The predicted octanol–water partition coefficient (Wildman–Crippen LogP) is 5.78. The third-order valence-corrected chi connectivity index (χ3v) is 4.37. The highest BCUT2D eigenvalue weighted by molar-refractivity contribution is 9.11. The first-order valence-electron chi connectivity index (χ1n) is 6.50. The van der Waals surface area contributed by atoms with Crippen LogP contribution in [-0.4, -0.2) is 7.11 Å². The lowest BCUT2D eigenvalue weighted by Crippen LogP contribution is -2.11. The Morgan fingerprint density at radius 2 is 1.90 bits per heavy atom. The smallest absolute Gasteiger partial charge is 0.124 e. The third-order valence-electron chi connectivity index (χ3n) is 3.18. The number of rotatable bonds is 5. The van der Waals surface area contributed by atoms with Gasteiger partial charge in [0.05, 0.1) is 18.8 Å². The summed E-state index contributed by atoms with van der Waals surface area (Å²) in [6.07, 6.45) is 0.972. The summed E-state index contributed by atoms with van der Waals surface area (Å²) >= 11 is 7.09. The monoisotopic (exact) mass is 397 g/mol. The van der Waals surface area contributed by atoms with Gasteiger partial charge < -0.3 is 10.1 Å². The molecule has 0 amide bonds. The summed E-state index contributed by atoms with van der Waals surface area (Å²) in [5.41, 5.74) is 2.24. The second-order valence-electron chi connectivity index (χ2n) is 4.47. The summed E-state index contributed by atoms with van der Waals surface area (Å²) in [5.74, 6) is 0.915. The number of benzene rings is 2. The van der Waals surface area contributed by atoms with E-state index >= 15 is 0 Å². The minimum absolute atomic E-state index is 0.205. The fourth-order valence-corrected chi connectivity index (χ4v) is 2.87. The van der Waals surface area contributed by atoms with Crippen LogP contribution in [0.5, 0.6) is 5.75 Å². The summed E-state index contributed by atoms with van der Waals surface area (Å²) < 4.78 is 7.56. The van der Waals surface area contributed by atoms with Crippen LogP contribution in [0.1, 0.15) is 24.9 Å². The number of ether oxygens (including phenoxy) is 1. The van der Waals surface area contributed by atoms with Crippen molar-refractivity contribution in [2.45, 2.75) is 19.4 Å². The number of anilines is 1. The van der Waals surface area contributed by atoms with E-state index in [-0.39, 0.29) is 6.04 Å². The fraction of sp³-hybridized carbons (Fsp3) is 0.250. The number of hydrogen-bond acceptors (Lipinski definition) is 2. The normalized spacial score (nSPS) is 12.0. The molecule has 0 aliphatic rings. The molecule has 0 heterocycles. The molecule has 2 aromatic rings. The zero-order valence-corrected chi connectivity index (χ0v) is 14.7. The van der Waals surface area contributed by atoms with Crippen LogP contribution >= 0.6 is 31.9 Å². The van der Waals surface area contributed by atoms with Crippen LogP contribution in [-0.2, 0) is 0 Å². The average Bonchev–Trinajstić information content (AvgIpc) is 2.48. The molecule has 20 heavy (non-hydrogen) atoms. The van der Waals surface area contributed by atoms with E-state index in [1.807, 2.05) is 30.3 Å². The standard InChI is InChI=1S/C16H17Br2NO/c1-3-14(12-6-4-5-7-16(12)20-2)19-15-10-11(17)8-9-13(15)18/h4-10,14,19H,3H2,1-2H3. The molecule has 1 N–H and O–H groups in total. The molecule has 1 atom stereocenters. The van der Waals surface area contributed by atoms with Crippen LogP contribution in [0, 0.1) is 0 Å². The molecule has 0 fully saturated rings. The second kappa shape index (κ2) is 7.14. The molecule has 0 aliphatic carbocycles. The molecule has 1 unspecified atom stereocenters. The van der Waals surface area contributed by atoms with E-state index < -0.39 is 0 Å². The first kappa shape index (κ1) is 15.4. The van der Waals surface area contributed by atoms with Crippen LogP contribution in [0.15, 0.2) is 51.4 Å². The topological polar surface area (TPSA) is 21.3 Å². The van der Waals surface area contributed by atoms with Gasteiger partial charge in [0.1, 0.15) is 5.75 Å². The van der Waals surface area contributed by atoms with Crippen molar-refractivity contribution in [3.8, 4) is 5.75 Å². The highest BCUT2D eigenvalue weighted by Gasteiger charge is 2.15. The number of nitrogens with one attached hydrogen (secondary N) is 1. The minimum Gasteiger partial charge on any atom is -0.496 e. The molecule has 0 aromatic heterocycles. The average molecular weight is 399 g/mol. The van der Waals surface area contributed by atoms with Gasteiger partial charge in [-0.2, -0.15) is 0 Å². The van der Waals surface area contributed by atoms with Gasteiger partial charge in [0, 0.05) is 14.5 Å². The summed E-state index contributed by atoms with van der Waals surface area (Å²) in [7, 11) is 1.71. The van der Waals surface area contributed by atoms with Crippen molar-refractivity contribution in [2.75, 3.05) is 12.4 Å². The van der Waals surface area contributed by atoms with Gasteiger partial charge in [-0.3, -0.25) is 0 Å². The number of hydrogen-bond donors (Lipinski definition) is 1. The summed E-state index contributed by atoms with van der Waals surface area (Å²) in [5, 5.41) is 3.57. The minimum atomic E-state index is 0.205. The van der Waals surface area contributed by atoms with Gasteiger partial charge in [0.2, 0.25) is 0 Å². The highest BCUT2D eigenvalue weighted by atomic mass is 79.9. The van der Waals surface area contributed by atoms with E-state index in [0.717, 1.165) is 26.8 Å². The van der Waals surface area contributed by atoms with Gasteiger partial charge in [-0.1, -0.05) is 41.1 Å². The third kappa shape index (κ3) is 3.55. The van der Waals surface area contributed by atoms with Crippen LogP contribution in [0.4, 0.5) is 5.69 Å². The van der Waals surface area contributed by atoms with Gasteiger partial charge in [0.15, 0.2) is 0 Å². The first-order valence-corrected chi connectivity index (χ1v) is 8.08. The van der Waals surface area contributed by atoms with Gasteiger partial charge in [-0.25, -0.2) is 0 Å². The van der Waals surface area contributed by atoms with Crippen molar-refractivity contribution >= 4 is 37.5 Å². The van der Waals surface area contributed by atoms with Crippen LogP contribution in [0.25, 0.3) is 0 Å². The Hall–Kier alpha value is -1.00. The summed E-state index contributed by atoms with van der Waals surface area (Å²) in [6, 6.07) is 14.4. The molecule has 106 valence electrons. The number of methoxy groups -OCH3 is 1. The molecule has 0 aliphatic heterocycles. The van der Waals surface area contributed by atoms with Crippen molar-refractivity contribution in [3.63, 3.8) is 0 Å². The Kier molecular flexibility index (Phi) is 5.49. The van der Waals surface area contributed by atoms with E-state index in [1.54, 1.807) is 7.11 Å². The lowest BCUT2D eigenvalue weighted by molar-refractivity contribution is 0.406. The maximum absolute atomic E-state index is 5.46. The molecule has 2 nitrogen and oxygen atoms in total. The Balaban J connectivity index is 2.31. The van der Waals surface area contributed by atoms with Crippen molar-refractivity contribution in [2.24, 2.45) is 0 Å². The van der Waals surface area contributed by atoms with Crippen LogP contribution in [0.2, 0.25) is 0 Å². The van der Waals surface area contributed by atoms with Crippen LogP contribution < -0.4 is 10.1 Å². The zero-order chi connectivity index (χ0) is 14.5. The lowest BCUT2D eigenvalue weighted by atomic mass is 10.0. The zero-order valence-electron chi connectivity index (χ0n) is 11.5. The van der Waals surface area contributed by atoms with Gasteiger partial charge in [-0.15, -0.1) is 0 Å². The Labute approximate surface area is 136 Å². The van der Waals surface area contributed by atoms with E-state index in [9.17, 15) is 0 Å². The Morgan fingerprint density at radius 1 is 1.15 bits per heavy atom. The summed E-state index contributed by atoms with van der Waals surface area (Å²) in [6.45, 7) is 2.16. The summed E-state index contributed by atoms with van der Waals surface area (Å²) in [4.78, 5) is 0. The molecule has 0 spiro atoms. The highest BCUT2D eigenvalue weighted by Crippen LogP contribution is 2.33. The molecule has 4 heteroatoms. The molecule has 2 aromatic carbocycles. The first-order chi connectivity index (χ1) is 9.65. The molecule has 0 saturated carbocycles. The van der Waals surface area contributed by atoms with E-state index in [0.29, 0.717) is 0 Å².